The van der Waals surface area contributed by atoms with Crippen LogP contribution < -0.4 is 9.47 Å². The van der Waals surface area contributed by atoms with E-state index in [1.165, 1.54) is 0 Å². The maximum absolute atomic E-state index is 10.7. The Kier molecular flexibility index (Phi) is 4.24. The first-order chi connectivity index (χ1) is 9.63. The van der Waals surface area contributed by atoms with Gasteiger partial charge in [0.2, 0.25) is 0 Å². The minimum absolute atomic E-state index is 0.0461. The number of carboxylic acids is 1. The van der Waals surface area contributed by atoms with Gasteiger partial charge in [-0.15, -0.1) is 0 Å². The summed E-state index contributed by atoms with van der Waals surface area (Å²) in [4.78, 5) is 14.9. The monoisotopic (exact) mass is 276 g/mol. The number of hydrogen-bond donors (Lipinski definition) is 1. The summed E-state index contributed by atoms with van der Waals surface area (Å²) in [6.45, 7) is 0.365. The lowest BCUT2D eigenvalue weighted by Crippen LogP contribution is -2.05. The number of methoxy groups -OCH3 is 2. The Hall–Kier alpha value is -2.50. The molecule has 0 atom stereocenters. The maximum Gasteiger partial charge on any atom is 0.305 e. The number of rotatable bonds is 6. The summed E-state index contributed by atoms with van der Waals surface area (Å²) in [5.41, 5.74) is 0.816. The molecule has 0 saturated heterocycles. The van der Waals surface area contributed by atoms with E-state index in [2.05, 4.69) is 4.98 Å². The van der Waals surface area contributed by atoms with Crippen molar-refractivity contribution in [1.29, 1.82) is 0 Å². The van der Waals surface area contributed by atoms with Gasteiger partial charge >= 0.3 is 5.97 Å². The number of ether oxygens (including phenoxy) is 2. The number of aromatic nitrogens is 2. The maximum atomic E-state index is 10.7. The Morgan fingerprint density at radius 2 is 1.90 bits per heavy atom. The molecule has 0 radical (unpaired) electrons. The summed E-state index contributed by atoms with van der Waals surface area (Å²) in [7, 11) is 3.16. The summed E-state index contributed by atoms with van der Waals surface area (Å²) in [5.74, 6) is 1.16. The van der Waals surface area contributed by atoms with Gasteiger partial charge in [-0.3, -0.25) is 4.79 Å². The van der Waals surface area contributed by atoms with Crippen molar-refractivity contribution < 1.29 is 19.4 Å². The van der Waals surface area contributed by atoms with E-state index in [0.29, 0.717) is 23.9 Å². The molecule has 20 heavy (non-hydrogen) atoms. The zero-order valence-electron chi connectivity index (χ0n) is 11.4. The predicted molar refractivity (Wildman–Crippen MR) is 73.0 cm³/mol. The number of carboxylic acid groups (broad SMARTS) is 1. The molecule has 0 amide bonds. The van der Waals surface area contributed by atoms with Gasteiger partial charge in [0.05, 0.1) is 20.6 Å². The van der Waals surface area contributed by atoms with Crippen LogP contribution in [-0.2, 0) is 11.3 Å². The highest BCUT2D eigenvalue weighted by Gasteiger charge is 2.10. The van der Waals surface area contributed by atoms with Crippen molar-refractivity contribution in [2.75, 3.05) is 14.2 Å². The van der Waals surface area contributed by atoms with Crippen LogP contribution in [0.3, 0.4) is 0 Å². The first kappa shape index (κ1) is 13.9. The second kappa shape index (κ2) is 6.10. The molecular formula is C14H16N2O4. The molecule has 0 spiro atoms. The van der Waals surface area contributed by atoms with E-state index in [9.17, 15) is 4.79 Å². The van der Waals surface area contributed by atoms with Crippen molar-refractivity contribution in [1.82, 2.24) is 9.55 Å². The van der Waals surface area contributed by atoms with Gasteiger partial charge in [-0.05, 0) is 12.1 Å². The van der Waals surface area contributed by atoms with E-state index in [1.807, 2.05) is 12.1 Å². The minimum Gasteiger partial charge on any atom is -0.497 e. The van der Waals surface area contributed by atoms with Crippen LogP contribution in [0.5, 0.6) is 11.5 Å². The Morgan fingerprint density at radius 3 is 2.45 bits per heavy atom. The fourth-order valence-electron chi connectivity index (χ4n) is 1.90. The van der Waals surface area contributed by atoms with Crippen molar-refractivity contribution >= 4 is 5.97 Å². The molecule has 1 aromatic heterocycles. The fraction of sp³-hybridized carbons (Fsp3) is 0.286. The number of nitrogens with zero attached hydrogens (tertiary/aromatic N) is 2. The normalized spacial score (nSPS) is 10.3. The molecule has 1 N–H and O–H groups in total. The Morgan fingerprint density at radius 1 is 1.25 bits per heavy atom. The van der Waals surface area contributed by atoms with E-state index in [-0.39, 0.29) is 6.42 Å². The van der Waals surface area contributed by atoms with Crippen molar-refractivity contribution in [3.8, 4) is 22.9 Å². The molecule has 6 nitrogen and oxygen atoms in total. The predicted octanol–water partition coefficient (Wildman–Crippen LogP) is 2.04. The van der Waals surface area contributed by atoms with Crippen LogP contribution in [0.4, 0.5) is 0 Å². The lowest BCUT2D eigenvalue weighted by atomic mass is 10.2. The number of aryl methyl sites for hydroxylation is 1. The molecule has 1 aromatic carbocycles. The van der Waals surface area contributed by atoms with Crippen LogP contribution in [0.25, 0.3) is 11.4 Å². The van der Waals surface area contributed by atoms with Gasteiger partial charge in [0, 0.05) is 30.6 Å². The van der Waals surface area contributed by atoms with E-state index in [4.69, 9.17) is 14.6 Å². The SMILES string of the molecule is COc1cc(OC)cc(-c2nccn2CCC(=O)O)c1. The first-order valence-corrected chi connectivity index (χ1v) is 6.10. The summed E-state index contributed by atoms with van der Waals surface area (Å²) >= 11 is 0. The largest absolute Gasteiger partial charge is 0.497 e. The van der Waals surface area contributed by atoms with E-state index in [0.717, 1.165) is 5.56 Å². The summed E-state index contributed by atoms with van der Waals surface area (Å²) in [5, 5.41) is 8.76. The summed E-state index contributed by atoms with van der Waals surface area (Å²) in [6.07, 6.45) is 3.44. The lowest BCUT2D eigenvalue weighted by Gasteiger charge is -2.10. The molecule has 106 valence electrons. The van der Waals surface area contributed by atoms with Crippen LogP contribution in [0, 0.1) is 0 Å². The van der Waals surface area contributed by atoms with Crippen LogP contribution >= 0.6 is 0 Å². The van der Waals surface area contributed by atoms with Gasteiger partial charge in [-0.1, -0.05) is 0 Å². The molecule has 2 aromatic rings. The topological polar surface area (TPSA) is 73.6 Å². The second-order valence-electron chi connectivity index (χ2n) is 4.19. The van der Waals surface area contributed by atoms with Gasteiger partial charge in [-0.25, -0.2) is 4.98 Å². The summed E-state index contributed by atoms with van der Waals surface area (Å²) < 4.78 is 12.2. The fourth-order valence-corrected chi connectivity index (χ4v) is 1.90. The lowest BCUT2D eigenvalue weighted by molar-refractivity contribution is -0.137. The standard InChI is InChI=1S/C14H16N2O4/c1-19-11-7-10(8-12(9-11)20-2)14-15-4-6-16(14)5-3-13(17)18/h4,6-9H,3,5H2,1-2H3,(H,17,18). The zero-order valence-corrected chi connectivity index (χ0v) is 11.4. The van der Waals surface area contributed by atoms with Crippen LogP contribution in [0.15, 0.2) is 30.6 Å². The van der Waals surface area contributed by atoms with Crippen molar-refractivity contribution in [2.45, 2.75) is 13.0 Å². The molecule has 0 aliphatic carbocycles. The number of benzene rings is 1. The molecule has 0 bridgehead atoms. The zero-order chi connectivity index (χ0) is 14.5. The molecule has 0 unspecified atom stereocenters. The van der Waals surface area contributed by atoms with Crippen molar-refractivity contribution in [3.05, 3.63) is 30.6 Å². The van der Waals surface area contributed by atoms with E-state index >= 15 is 0 Å². The number of hydrogen-bond acceptors (Lipinski definition) is 4. The average molecular weight is 276 g/mol. The average Bonchev–Trinajstić information content (AvgIpc) is 2.92. The Balaban J connectivity index is 2.36. The van der Waals surface area contributed by atoms with Gasteiger partial charge in [0.25, 0.3) is 0 Å². The van der Waals surface area contributed by atoms with Crippen molar-refractivity contribution in [2.24, 2.45) is 0 Å². The highest BCUT2D eigenvalue weighted by atomic mass is 16.5. The van der Waals surface area contributed by atoms with Gasteiger partial charge < -0.3 is 19.1 Å². The molecule has 0 fully saturated rings. The van der Waals surface area contributed by atoms with E-state index < -0.39 is 5.97 Å². The van der Waals surface area contributed by atoms with Crippen LogP contribution in [-0.4, -0.2) is 34.8 Å². The Labute approximate surface area is 116 Å². The molecule has 2 rings (SSSR count). The third-order valence-electron chi connectivity index (χ3n) is 2.89. The third kappa shape index (κ3) is 3.09. The quantitative estimate of drug-likeness (QED) is 0.874. The molecule has 0 aliphatic rings. The molecule has 1 heterocycles. The van der Waals surface area contributed by atoms with E-state index in [1.54, 1.807) is 37.2 Å². The van der Waals surface area contributed by atoms with Crippen molar-refractivity contribution in [3.63, 3.8) is 0 Å². The number of aliphatic carboxylic acids is 1. The van der Waals surface area contributed by atoms with Crippen LogP contribution in [0.1, 0.15) is 6.42 Å². The first-order valence-electron chi connectivity index (χ1n) is 6.10. The van der Waals surface area contributed by atoms with Gasteiger partial charge in [-0.2, -0.15) is 0 Å². The van der Waals surface area contributed by atoms with Crippen LogP contribution in [0.2, 0.25) is 0 Å². The molecular weight excluding hydrogens is 260 g/mol. The summed E-state index contributed by atoms with van der Waals surface area (Å²) in [6, 6.07) is 5.44. The molecule has 0 saturated carbocycles. The second-order valence-corrected chi connectivity index (χ2v) is 4.19. The minimum atomic E-state index is -0.840. The highest BCUT2D eigenvalue weighted by Crippen LogP contribution is 2.28. The smallest absolute Gasteiger partial charge is 0.305 e. The number of imidazole rings is 1. The third-order valence-corrected chi connectivity index (χ3v) is 2.89. The molecule has 6 heteroatoms. The van der Waals surface area contributed by atoms with Gasteiger partial charge in [0.1, 0.15) is 17.3 Å². The Bertz CT molecular complexity index is 585. The molecule has 0 aliphatic heterocycles. The number of carbonyl (C=O) groups is 1. The highest BCUT2D eigenvalue weighted by molar-refractivity contribution is 5.67. The van der Waals surface area contributed by atoms with Gasteiger partial charge in [0.15, 0.2) is 0 Å².